The molecule has 104 valence electrons. The van der Waals surface area contributed by atoms with Gasteiger partial charge in [-0.15, -0.1) is 0 Å². The summed E-state index contributed by atoms with van der Waals surface area (Å²) in [7, 11) is 0. The third-order valence-corrected chi connectivity index (χ3v) is 2.66. The van der Waals surface area contributed by atoms with Gasteiger partial charge in [-0.05, 0) is 0 Å². The first-order valence-corrected chi connectivity index (χ1v) is 5.59. The fourth-order valence-corrected chi connectivity index (χ4v) is 1.69. The van der Waals surface area contributed by atoms with Gasteiger partial charge in [0.25, 0.3) is 5.69 Å². The van der Waals surface area contributed by atoms with E-state index in [1.807, 2.05) is 0 Å². The Morgan fingerprint density at radius 2 is 1.70 bits per heavy atom. The lowest BCUT2D eigenvalue weighted by Crippen LogP contribution is -2.04. The number of nitrogens with zero attached hydrogens (tertiary/aromatic N) is 1. The van der Waals surface area contributed by atoms with Crippen molar-refractivity contribution in [3.8, 4) is 0 Å². The van der Waals surface area contributed by atoms with Gasteiger partial charge in [-0.3, -0.25) is 10.1 Å². The number of halogens is 3. The molecule has 0 aliphatic carbocycles. The van der Waals surface area contributed by atoms with Crippen LogP contribution in [0.15, 0.2) is 36.4 Å². The van der Waals surface area contributed by atoms with Crippen molar-refractivity contribution in [3.05, 3.63) is 69.5 Å². The van der Waals surface area contributed by atoms with E-state index >= 15 is 0 Å². The van der Waals surface area contributed by atoms with E-state index in [1.54, 1.807) is 6.07 Å². The number of hydrogen-bond donors (Lipinski definition) is 1. The van der Waals surface area contributed by atoms with Gasteiger partial charge in [0.15, 0.2) is 17.5 Å². The van der Waals surface area contributed by atoms with Gasteiger partial charge in [0.05, 0.1) is 4.92 Å². The lowest BCUT2D eigenvalue weighted by Gasteiger charge is -2.08. The molecule has 0 radical (unpaired) electrons. The monoisotopic (exact) mass is 282 g/mol. The summed E-state index contributed by atoms with van der Waals surface area (Å²) in [4.78, 5) is 10.2. The number of nitro groups is 1. The minimum Gasteiger partial charge on any atom is -0.381 e. The van der Waals surface area contributed by atoms with Crippen LogP contribution in [0.3, 0.4) is 0 Å². The number of rotatable bonds is 4. The second-order valence-corrected chi connectivity index (χ2v) is 3.99. The molecule has 0 saturated heterocycles. The van der Waals surface area contributed by atoms with E-state index in [0.29, 0.717) is 5.56 Å². The van der Waals surface area contributed by atoms with Crippen molar-refractivity contribution in [2.45, 2.75) is 6.54 Å². The van der Waals surface area contributed by atoms with Gasteiger partial charge < -0.3 is 5.32 Å². The fraction of sp³-hybridized carbons (Fsp3) is 0.0769. The summed E-state index contributed by atoms with van der Waals surface area (Å²) >= 11 is 0. The van der Waals surface area contributed by atoms with Gasteiger partial charge in [-0.25, -0.2) is 13.2 Å². The maximum Gasteiger partial charge on any atom is 0.274 e. The maximum absolute atomic E-state index is 13.0. The number of hydrogen-bond acceptors (Lipinski definition) is 3. The molecule has 0 unspecified atom stereocenters. The molecule has 0 heterocycles. The van der Waals surface area contributed by atoms with Crippen molar-refractivity contribution in [3.63, 3.8) is 0 Å². The van der Waals surface area contributed by atoms with Crippen LogP contribution in [0.1, 0.15) is 5.56 Å². The lowest BCUT2D eigenvalue weighted by atomic mass is 10.1. The standard InChI is InChI=1S/C13H9F3N2O2/c14-10-5-9(6-11(15)13(10)16)17-7-8-3-1-2-4-12(8)18(19)20/h1-6,17H,7H2. The average molecular weight is 282 g/mol. The molecule has 7 heteroatoms. The van der Waals surface area contributed by atoms with Crippen LogP contribution in [0.4, 0.5) is 24.5 Å². The molecule has 0 aromatic heterocycles. The first-order valence-electron chi connectivity index (χ1n) is 5.59. The molecule has 0 atom stereocenters. The van der Waals surface area contributed by atoms with Gasteiger partial charge in [0.1, 0.15) is 0 Å². The number of para-hydroxylation sites is 1. The second kappa shape index (κ2) is 5.60. The predicted molar refractivity (Wildman–Crippen MR) is 66.7 cm³/mol. The highest BCUT2D eigenvalue weighted by Gasteiger charge is 2.13. The van der Waals surface area contributed by atoms with Gasteiger partial charge in [0, 0.05) is 36.0 Å². The average Bonchev–Trinajstić information content (AvgIpc) is 2.42. The molecular weight excluding hydrogens is 273 g/mol. The summed E-state index contributed by atoms with van der Waals surface area (Å²) in [6.07, 6.45) is 0. The zero-order valence-electron chi connectivity index (χ0n) is 10.1. The molecule has 0 aliphatic heterocycles. The third-order valence-electron chi connectivity index (χ3n) is 2.66. The van der Waals surface area contributed by atoms with Gasteiger partial charge >= 0.3 is 0 Å². The van der Waals surface area contributed by atoms with Crippen molar-refractivity contribution in [1.82, 2.24) is 0 Å². The fourth-order valence-electron chi connectivity index (χ4n) is 1.69. The van der Waals surface area contributed by atoms with Crippen molar-refractivity contribution in [1.29, 1.82) is 0 Å². The molecule has 2 aromatic rings. The minimum atomic E-state index is -1.55. The summed E-state index contributed by atoms with van der Waals surface area (Å²) in [5.41, 5.74) is 0.241. The van der Waals surface area contributed by atoms with E-state index < -0.39 is 22.4 Å². The van der Waals surface area contributed by atoms with Crippen LogP contribution < -0.4 is 5.32 Å². The maximum atomic E-state index is 13.0. The Morgan fingerprint density at radius 1 is 1.10 bits per heavy atom. The zero-order chi connectivity index (χ0) is 14.7. The molecule has 4 nitrogen and oxygen atoms in total. The van der Waals surface area contributed by atoms with Crippen molar-refractivity contribution in [2.75, 3.05) is 5.32 Å². The highest BCUT2D eigenvalue weighted by atomic mass is 19.2. The third kappa shape index (κ3) is 2.87. The molecule has 0 amide bonds. The van der Waals surface area contributed by atoms with Crippen LogP contribution in [0, 0.1) is 27.6 Å². The molecule has 2 aromatic carbocycles. The van der Waals surface area contributed by atoms with Gasteiger partial charge in [-0.1, -0.05) is 18.2 Å². The summed E-state index contributed by atoms with van der Waals surface area (Å²) in [5.74, 6) is -4.20. The second-order valence-electron chi connectivity index (χ2n) is 3.99. The number of benzene rings is 2. The Labute approximate surface area is 112 Å². The largest absolute Gasteiger partial charge is 0.381 e. The Hall–Kier alpha value is -2.57. The number of anilines is 1. The molecular formula is C13H9F3N2O2. The Balaban J connectivity index is 2.19. The molecule has 0 aliphatic rings. The van der Waals surface area contributed by atoms with Gasteiger partial charge in [0.2, 0.25) is 0 Å². The van der Waals surface area contributed by atoms with Crippen LogP contribution in [-0.4, -0.2) is 4.92 Å². The normalized spacial score (nSPS) is 10.3. The zero-order valence-corrected chi connectivity index (χ0v) is 10.1. The molecule has 20 heavy (non-hydrogen) atoms. The highest BCUT2D eigenvalue weighted by Crippen LogP contribution is 2.21. The topological polar surface area (TPSA) is 55.2 Å². The first kappa shape index (κ1) is 13.9. The molecule has 0 bridgehead atoms. The van der Waals surface area contributed by atoms with Gasteiger partial charge in [-0.2, -0.15) is 0 Å². The van der Waals surface area contributed by atoms with E-state index in [-0.39, 0.29) is 17.9 Å². The quantitative estimate of drug-likeness (QED) is 0.529. The molecule has 0 fully saturated rings. The van der Waals surface area contributed by atoms with Crippen LogP contribution in [-0.2, 0) is 6.54 Å². The van der Waals surface area contributed by atoms with E-state index in [0.717, 1.165) is 12.1 Å². The number of nitrogens with one attached hydrogen (secondary N) is 1. The van der Waals surface area contributed by atoms with Crippen molar-refractivity contribution < 1.29 is 18.1 Å². The summed E-state index contributed by atoms with van der Waals surface area (Å²) in [6.45, 7) is -0.0122. The number of nitro benzene ring substituents is 1. The van der Waals surface area contributed by atoms with Crippen LogP contribution in [0.2, 0.25) is 0 Å². The van der Waals surface area contributed by atoms with Crippen molar-refractivity contribution >= 4 is 11.4 Å². The van der Waals surface area contributed by atoms with E-state index in [1.165, 1.54) is 18.2 Å². The Morgan fingerprint density at radius 3 is 2.30 bits per heavy atom. The van der Waals surface area contributed by atoms with Crippen LogP contribution in [0.5, 0.6) is 0 Å². The summed E-state index contributed by atoms with van der Waals surface area (Å²) < 4.78 is 38.8. The minimum absolute atomic E-state index is 0.000416. The molecule has 0 spiro atoms. The van der Waals surface area contributed by atoms with Crippen molar-refractivity contribution in [2.24, 2.45) is 0 Å². The van der Waals surface area contributed by atoms with Crippen LogP contribution >= 0.6 is 0 Å². The SMILES string of the molecule is O=[N+]([O-])c1ccccc1CNc1cc(F)c(F)c(F)c1. The predicted octanol–water partition coefficient (Wildman–Crippen LogP) is 3.62. The smallest absolute Gasteiger partial charge is 0.274 e. The molecule has 2 rings (SSSR count). The Bertz CT molecular complexity index is 639. The van der Waals surface area contributed by atoms with E-state index in [9.17, 15) is 23.3 Å². The Kier molecular flexibility index (Phi) is 3.88. The molecule has 0 saturated carbocycles. The van der Waals surface area contributed by atoms with Crippen LogP contribution in [0.25, 0.3) is 0 Å². The van der Waals surface area contributed by atoms with E-state index in [4.69, 9.17) is 0 Å². The molecule has 1 N–H and O–H groups in total. The first-order chi connectivity index (χ1) is 9.49. The van der Waals surface area contributed by atoms with E-state index in [2.05, 4.69) is 5.32 Å². The summed E-state index contributed by atoms with van der Waals surface area (Å²) in [6, 6.07) is 7.53. The highest BCUT2D eigenvalue weighted by molar-refractivity contribution is 5.47. The lowest BCUT2D eigenvalue weighted by molar-refractivity contribution is -0.385. The summed E-state index contributed by atoms with van der Waals surface area (Å²) in [5, 5.41) is 13.4.